The van der Waals surface area contributed by atoms with Crippen LogP contribution >= 0.6 is 15.9 Å². The van der Waals surface area contributed by atoms with E-state index in [4.69, 9.17) is 0 Å². The fourth-order valence-electron chi connectivity index (χ4n) is 3.13. The van der Waals surface area contributed by atoms with Crippen LogP contribution in [0.5, 0.6) is 0 Å². The largest absolute Gasteiger partial charge is 0.316 e. The van der Waals surface area contributed by atoms with Gasteiger partial charge in [-0.25, -0.2) is 0 Å². The molecule has 94 valence electrons. The average molecular weight is 296 g/mol. The maximum Gasteiger partial charge on any atom is 0.0213 e. The minimum Gasteiger partial charge on any atom is -0.316 e. The Hall–Kier alpha value is -0.340. The Bertz CT molecular complexity index is 369. The van der Waals surface area contributed by atoms with E-state index in [2.05, 4.69) is 59.4 Å². The van der Waals surface area contributed by atoms with E-state index in [9.17, 15) is 0 Å². The molecule has 1 aliphatic rings. The number of nitrogens with one attached hydrogen (secondary N) is 1. The Morgan fingerprint density at radius 1 is 1.35 bits per heavy atom. The topological polar surface area (TPSA) is 12.0 Å². The molecule has 1 aliphatic carbocycles. The lowest BCUT2D eigenvalue weighted by atomic mass is 9.59. The predicted molar refractivity (Wildman–Crippen MR) is 77.4 cm³/mol. The summed E-state index contributed by atoms with van der Waals surface area (Å²) in [4.78, 5) is 0. The monoisotopic (exact) mass is 295 g/mol. The molecule has 0 bridgehead atoms. The van der Waals surface area contributed by atoms with Gasteiger partial charge in [-0.1, -0.05) is 48.0 Å². The van der Waals surface area contributed by atoms with Crippen molar-refractivity contribution >= 4 is 15.9 Å². The zero-order valence-corrected chi connectivity index (χ0v) is 12.4. The van der Waals surface area contributed by atoms with E-state index in [1.807, 2.05) is 0 Å². The van der Waals surface area contributed by atoms with Crippen LogP contribution in [0, 0.1) is 5.92 Å². The molecule has 1 saturated carbocycles. The molecule has 0 spiro atoms. The smallest absolute Gasteiger partial charge is 0.0213 e. The van der Waals surface area contributed by atoms with Crippen molar-refractivity contribution in [3.8, 4) is 0 Å². The van der Waals surface area contributed by atoms with E-state index in [1.165, 1.54) is 29.3 Å². The molecular formula is C15H22BrN. The Balaban J connectivity index is 2.14. The average Bonchev–Trinajstić information content (AvgIpc) is 2.27. The summed E-state index contributed by atoms with van der Waals surface area (Å²) in [6, 6.07) is 8.71. The summed E-state index contributed by atoms with van der Waals surface area (Å²) in [5, 5.41) is 3.60. The van der Waals surface area contributed by atoms with Crippen molar-refractivity contribution in [2.45, 2.75) is 38.5 Å². The first kappa shape index (κ1) is 13.1. The van der Waals surface area contributed by atoms with Gasteiger partial charge in [0.25, 0.3) is 0 Å². The standard InChI is InChI=1S/C15H22BrN/c1-3-8-17-11-15(9-12(2)10-15)13-6-4-5-7-14(13)16/h4-7,12,17H,3,8-11H2,1-2H3. The highest BCUT2D eigenvalue weighted by atomic mass is 79.9. The number of hydrogen-bond donors (Lipinski definition) is 1. The van der Waals surface area contributed by atoms with Crippen molar-refractivity contribution in [3.05, 3.63) is 34.3 Å². The first-order valence-electron chi connectivity index (χ1n) is 6.64. The normalized spacial score (nSPS) is 27.8. The number of rotatable bonds is 5. The molecule has 0 aliphatic heterocycles. The third kappa shape index (κ3) is 2.74. The van der Waals surface area contributed by atoms with Crippen LogP contribution in [0.3, 0.4) is 0 Å². The van der Waals surface area contributed by atoms with Crippen LogP contribution in [-0.2, 0) is 5.41 Å². The summed E-state index contributed by atoms with van der Waals surface area (Å²) >= 11 is 3.71. The maximum absolute atomic E-state index is 3.71. The molecule has 2 rings (SSSR count). The van der Waals surface area contributed by atoms with E-state index < -0.39 is 0 Å². The van der Waals surface area contributed by atoms with E-state index in [1.54, 1.807) is 0 Å². The molecule has 1 aromatic carbocycles. The van der Waals surface area contributed by atoms with Crippen molar-refractivity contribution in [3.63, 3.8) is 0 Å². The van der Waals surface area contributed by atoms with Crippen LogP contribution in [-0.4, -0.2) is 13.1 Å². The van der Waals surface area contributed by atoms with Crippen LogP contribution in [0.25, 0.3) is 0 Å². The summed E-state index contributed by atoms with van der Waals surface area (Å²) < 4.78 is 1.27. The molecule has 0 heterocycles. The highest BCUT2D eigenvalue weighted by Gasteiger charge is 2.43. The second-order valence-electron chi connectivity index (χ2n) is 5.45. The zero-order chi connectivity index (χ0) is 12.3. The van der Waals surface area contributed by atoms with Crippen LogP contribution in [0.15, 0.2) is 28.7 Å². The Labute approximate surface area is 113 Å². The highest BCUT2D eigenvalue weighted by molar-refractivity contribution is 9.10. The van der Waals surface area contributed by atoms with Crippen LogP contribution in [0.4, 0.5) is 0 Å². The Morgan fingerprint density at radius 2 is 2.06 bits per heavy atom. The van der Waals surface area contributed by atoms with Crippen LogP contribution in [0.1, 0.15) is 38.7 Å². The van der Waals surface area contributed by atoms with Crippen molar-refractivity contribution in [1.29, 1.82) is 0 Å². The van der Waals surface area contributed by atoms with Gasteiger partial charge in [-0.15, -0.1) is 0 Å². The first-order chi connectivity index (χ1) is 8.18. The van der Waals surface area contributed by atoms with Gasteiger partial charge in [0.15, 0.2) is 0 Å². The third-order valence-corrected chi connectivity index (χ3v) is 4.51. The van der Waals surface area contributed by atoms with Gasteiger partial charge in [-0.2, -0.15) is 0 Å². The molecule has 0 unspecified atom stereocenters. The van der Waals surface area contributed by atoms with Crippen LogP contribution in [0.2, 0.25) is 0 Å². The molecule has 1 fully saturated rings. The number of benzene rings is 1. The first-order valence-corrected chi connectivity index (χ1v) is 7.43. The summed E-state index contributed by atoms with van der Waals surface area (Å²) in [5.74, 6) is 0.866. The zero-order valence-electron chi connectivity index (χ0n) is 10.8. The van der Waals surface area contributed by atoms with Crippen molar-refractivity contribution < 1.29 is 0 Å². The molecule has 1 aromatic rings. The summed E-state index contributed by atoms with van der Waals surface area (Å²) in [6.45, 7) is 6.82. The van der Waals surface area contributed by atoms with Gasteiger partial charge in [0.2, 0.25) is 0 Å². The van der Waals surface area contributed by atoms with Gasteiger partial charge >= 0.3 is 0 Å². The summed E-state index contributed by atoms with van der Waals surface area (Å²) in [7, 11) is 0. The summed E-state index contributed by atoms with van der Waals surface area (Å²) in [6.07, 6.45) is 3.83. The maximum atomic E-state index is 3.71. The van der Waals surface area contributed by atoms with E-state index in [-0.39, 0.29) is 0 Å². The molecule has 0 aromatic heterocycles. The van der Waals surface area contributed by atoms with E-state index in [0.29, 0.717) is 5.41 Å². The van der Waals surface area contributed by atoms with E-state index >= 15 is 0 Å². The lowest BCUT2D eigenvalue weighted by Crippen LogP contribution is -2.48. The van der Waals surface area contributed by atoms with Crippen molar-refractivity contribution in [2.24, 2.45) is 5.92 Å². The minimum absolute atomic E-state index is 0.370. The fraction of sp³-hybridized carbons (Fsp3) is 0.600. The molecule has 0 saturated heterocycles. The SMILES string of the molecule is CCCNCC1(c2ccccc2Br)CC(C)C1. The Kier molecular flexibility index (Phi) is 4.26. The molecule has 0 amide bonds. The summed E-state index contributed by atoms with van der Waals surface area (Å²) in [5.41, 5.74) is 1.86. The molecule has 1 nitrogen and oxygen atoms in total. The highest BCUT2D eigenvalue weighted by Crippen LogP contribution is 2.49. The molecule has 2 heteroatoms. The number of hydrogen-bond acceptors (Lipinski definition) is 1. The minimum atomic E-state index is 0.370. The number of halogens is 1. The molecule has 0 atom stereocenters. The molecule has 0 radical (unpaired) electrons. The van der Waals surface area contributed by atoms with E-state index in [0.717, 1.165) is 19.0 Å². The van der Waals surface area contributed by atoms with Crippen LogP contribution < -0.4 is 5.32 Å². The van der Waals surface area contributed by atoms with Gasteiger partial charge in [-0.05, 0) is 43.4 Å². The second-order valence-corrected chi connectivity index (χ2v) is 6.30. The fourth-order valence-corrected chi connectivity index (χ4v) is 3.83. The van der Waals surface area contributed by atoms with Gasteiger partial charge in [0.1, 0.15) is 0 Å². The quantitative estimate of drug-likeness (QED) is 0.806. The lowest BCUT2D eigenvalue weighted by molar-refractivity contribution is 0.152. The van der Waals surface area contributed by atoms with Gasteiger partial charge in [0, 0.05) is 16.4 Å². The van der Waals surface area contributed by atoms with Crippen molar-refractivity contribution in [1.82, 2.24) is 5.32 Å². The molecule has 1 N–H and O–H groups in total. The lowest BCUT2D eigenvalue weighted by Gasteiger charge is -2.48. The molecular weight excluding hydrogens is 274 g/mol. The van der Waals surface area contributed by atoms with Gasteiger partial charge in [-0.3, -0.25) is 0 Å². The predicted octanol–water partition coefficient (Wildman–Crippen LogP) is 4.12. The third-order valence-electron chi connectivity index (χ3n) is 3.81. The second kappa shape index (κ2) is 5.53. The van der Waals surface area contributed by atoms with Gasteiger partial charge < -0.3 is 5.32 Å². The van der Waals surface area contributed by atoms with Crippen molar-refractivity contribution in [2.75, 3.05) is 13.1 Å². The van der Waals surface area contributed by atoms with Gasteiger partial charge in [0.05, 0.1) is 0 Å². The molecule has 17 heavy (non-hydrogen) atoms. The Morgan fingerprint density at radius 3 is 2.65 bits per heavy atom.